The fourth-order valence-electron chi connectivity index (χ4n) is 1.41. The van der Waals surface area contributed by atoms with E-state index in [4.69, 9.17) is 9.79 Å². The minimum atomic E-state index is 0.0940. The average molecular weight is 221 g/mol. The van der Waals surface area contributed by atoms with Gasteiger partial charge in [-0.05, 0) is 37.3 Å². The summed E-state index contributed by atoms with van der Waals surface area (Å²) in [5.41, 5.74) is 0. The monoisotopic (exact) mass is 221 g/mol. The molecule has 1 fully saturated rings. The lowest BCUT2D eigenvalue weighted by atomic mass is 10.2. The highest BCUT2D eigenvalue weighted by atomic mass is 31.0. The second-order valence-corrected chi connectivity index (χ2v) is 4.12. The van der Waals surface area contributed by atoms with Crippen molar-refractivity contribution in [3.8, 4) is 17.9 Å². The van der Waals surface area contributed by atoms with Crippen LogP contribution < -0.4 is 0 Å². The van der Waals surface area contributed by atoms with E-state index in [1.54, 1.807) is 0 Å². The summed E-state index contributed by atoms with van der Waals surface area (Å²) in [6.45, 7) is 1.95. The molecular weight excluding hydrogens is 205 g/mol. The number of hydrogen-bond acceptors (Lipinski definition) is 2. The Hall–Kier alpha value is -0.820. The smallest absolute Gasteiger partial charge is 0.0772 e. The molecule has 0 aliphatic heterocycles. The first-order valence-electron chi connectivity index (χ1n) is 5.15. The van der Waals surface area contributed by atoms with E-state index < -0.39 is 0 Å². The van der Waals surface area contributed by atoms with Gasteiger partial charge in [0.2, 0.25) is 0 Å². The minimum Gasteiger partial charge on any atom is -0.359 e. The van der Waals surface area contributed by atoms with Gasteiger partial charge in [0.05, 0.1) is 12.2 Å². The topological polar surface area (TPSA) is 33.0 Å². The van der Waals surface area contributed by atoms with Crippen LogP contribution in [0.15, 0.2) is 12.2 Å². The van der Waals surface area contributed by atoms with Crippen LogP contribution in [0.4, 0.5) is 0 Å². The second kappa shape index (κ2) is 6.62. The van der Waals surface area contributed by atoms with Gasteiger partial charge in [0.1, 0.15) is 0 Å². The lowest BCUT2D eigenvalue weighted by Gasteiger charge is -1.98. The fraction of sp³-hybridized carbons (Fsp3) is 0.583. The third kappa shape index (κ3) is 4.98. The lowest BCUT2D eigenvalue weighted by Crippen LogP contribution is -1.93. The third-order valence-electron chi connectivity index (χ3n) is 2.55. The Labute approximate surface area is 94.0 Å². The molecule has 2 unspecified atom stereocenters. The normalized spacial score (nSPS) is 25.4. The summed E-state index contributed by atoms with van der Waals surface area (Å²) < 4.78 is 4.97. The zero-order valence-corrected chi connectivity index (χ0v) is 10.1. The molecule has 0 saturated heterocycles. The molecule has 4 atom stereocenters. The van der Waals surface area contributed by atoms with Crippen molar-refractivity contribution < 1.29 is 4.52 Å². The summed E-state index contributed by atoms with van der Waals surface area (Å²) in [6, 6.07) is 2.20. The SMILES string of the molecule is CC(/C=C/C#CC[C@H]1C[C@H]1CC#N)OP. The van der Waals surface area contributed by atoms with Crippen molar-refractivity contribution in [2.75, 3.05) is 0 Å². The highest BCUT2D eigenvalue weighted by Gasteiger charge is 2.35. The molecule has 0 bridgehead atoms. The number of nitrogens with zero attached hydrogens (tertiary/aromatic N) is 1. The van der Waals surface area contributed by atoms with Gasteiger partial charge in [-0.25, -0.2) is 0 Å². The van der Waals surface area contributed by atoms with E-state index in [-0.39, 0.29) is 6.10 Å². The van der Waals surface area contributed by atoms with E-state index in [1.807, 2.05) is 19.1 Å². The zero-order valence-electron chi connectivity index (χ0n) is 8.94. The number of hydrogen-bond donors (Lipinski definition) is 0. The maximum absolute atomic E-state index is 8.48. The van der Waals surface area contributed by atoms with Crippen LogP contribution in [0.1, 0.15) is 26.2 Å². The molecule has 0 N–H and O–H groups in total. The van der Waals surface area contributed by atoms with Gasteiger partial charge in [-0.2, -0.15) is 5.26 Å². The largest absolute Gasteiger partial charge is 0.359 e. The van der Waals surface area contributed by atoms with Crippen LogP contribution in [0.2, 0.25) is 0 Å². The van der Waals surface area contributed by atoms with E-state index in [1.165, 1.54) is 6.42 Å². The van der Waals surface area contributed by atoms with Gasteiger partial charge >= 0.3 is 0 Å². The summed E-state index contributed by atoms with van der Waals surface area (Å²) in [6.07, 6.45) is 6.64. The van der Waals surface area contributed by atoms with Gasteiger partial charge in [0.15, 0.2) is 0 Å². The number of allylic oxidation sites excluding steroid dienone is 1. The lowest BCUT2D eigenvalue weighted by molar-refractivity contribution is 0.319. The molecule has 1 aliphatic rings. The summed E-state index contributed by atoms with van der Waals surface area (Å²) in [5.74, 6) is 7.37. The molecule has 1 rings (SSSR count). The Morgan fingerprint density at radius 1 is 1.53 bits per heavy atom. The first kappa shape index (κ1) is 12.3. The van der Waals surface area contributed by atoms with Crippen LogP contribution in [0.25, 0.3) is 0 Å². The van der Waals surface area contributed by atoms with Gasteiger partial charge in [-0.15, -0.1) is 0 Å². The molecule has 0 spiro atoms. The van der Waals surface area contributed by atoms with Crippen LogP contribution in [0.5, 0.6) is 0 Å². The van der Waals surface area contributed by atoms with Crippen LogP contribution in [-0.2, 0) is 4.52 Å². The molecule has 15 heavy (non-hydrogen) atoms. The molecule has 1 aliphatic carbocycles. The van der Waals surface area contributed by atoms with E-state index in [9.17, 15) is 0 Å². The summed E-state index contributed by atoms with van der Waals surface area (Å²) >= 11 is 0. The highest BCUT2D eigenvalue weighted by molar-refractivity contribution is 7.09. The summed E-state index contributed by atoms with van der Waals surface area (Å²) in [7, 11) is 2.23. The molecule has 0 amide bonds. The first-order chi connectivity index (χ1) is 7.27. The van der Waals surface area contributed by atoms with E-state index >= 15 is 0 Å². The molecule has 0 heterocycles. The van der Waals surface area contributed by atoms with Gasteiger partial charge in [0, 0.05) is 22.3 Å². The Balaban J connectivity index is 2.14. The second-order valence-electron chi connectivity index (χ2n) is 3.84. The van der Waals surface area contributed by atoms with E-state index in [0.717, 1.165) is 6.42 Å². The molecule has 80 valence electrons. The zero-order chi connectivity index (χ0) is 11.1. The first-order valence-corrected chi connectivity index (χ1v) is 5.62. The Kier molecular flexibility index (Phi) is 5.41. The van der Waals surface area contributed by atoms with E-state index in [0.29, 0.717) is 18.3 Å². The van der Waals surface area contributed by atoms with Crippen LogP contribution in [0, 0.1) is 35.0 Å². The molecule has 0 aromatic heterocycles. The maximum Gasteiger partial charge on any atom is 0.0772 e. The van der Waals surface area contributed by atoms with Crippen LogP contribution in [0.3, 0.4) is 0 Å². The number of rotatable bonds is 4. The van der Waals surface area contributed by atoms with Crippen molar-refractivity contribution in [3.05, 3.63) is 12.2 Å². The Bertz CT molecular complexity index is 321. The molecule has 0 radical (unpaired) electrons. The van der Waals surface area contributed by atoms with Gasteiger partial charge in [-0.1, -0.05) is 11.8 Å². The molecular formula is C12H16NOP. The fourth-order valence-corrected chi connectivity index (χ4v) is 1.50. The summed E-state index contributed by atoms with van der Waals surface area (Å²) in [4.78, 5) is 0. The van der Waals surface area contributed by atoms with Gasteiger partial charge in [-0.3, -0.25) is 0 Å². The predicted molar refractivity (Wildman–Crippen MR) is 63.6 cm³/mol. The molecule has 3 heteroatoms. The van der Waals surface area contributed by atoms with E-state index in [2.05, 4.69) is 27.4 Å². The average Bonchev–Trinajstić information content (AvgIpc) is 2.96. The Morgan fingerprint density at radius 3 is 2.93 bits per heavy atom. The molecule has 0 aromatic rings. The number of nitriles is 1. The quantitative estimate of drug-likeness (QED) is 0.540. The highest BCUT2D eigenvalue weighted by Crippen LogP contribution is 2.43. The van der Waals surface area contributed by atoms with Crippen molar-refractivity contribution in [3.63, 3.8) is 0 Å². The van der Waals surface area contributed by atoms with Crippen molar-refractivity contribution in [2.45, 2.75) is 32.3 Å². The van der Waals surface area contributed by atoms with Crippen molar-refractivity contribution >= 4 is 9.47 Å². The molecule has 1 saturated carbocycles. The standard InChI is InChI=1S/C12H16NOP/c1-10(14-15)5-3-2-4-6-11-9-12(11)7-8-13/h3,5,10-12H,6-7,9,15H2,1H3/b5-3+/t10?,11-,12+/m0/s1. The third-order valence-corrected chi connectivity index (χ3v) is 2.98. The minimum absolute atomic E-state index is 0.0940. The molecule has 0 aromatic carbocycles. The Morgan fingerprint density at radius 2 is 2.27 bits per heavy atom. The molecule has 2 nitrogen and oxygen atoms in total. The predicted octanol–water partition coefficient (Wildman–Crippen LogP) is 2.68. The van der Waals surface area contributed by atoms with Crippen LogP contribution >= 0.6 is 9.47 Å². The van der Waals surface area contributed by atoms with Crippen molar-refractivity contribution in [1.82, 2.24) is 0 Å². The summed E-state index contributed by atoms with van der Waals surface area (Å²) in [5, 5.41) is 8.48. The van der Waals surface area contributed by atoms with Gasteiger partial charge in [0.25, 0.3) is 0 Å². The van der Waals surface area contributed by atoms with Crippen molar-refractivity contribution in [2.24, 2.45) is 11.8 Å². The van der Waals surface area contributed by atoms with Crippen LogP contribution in [-0.4, -0.2) is 6.10 Å². The maximum atomic E-state index is 8.48. The van der Waals surface area contributed by atoms with Crippen molar-refractivity contribution in [1.29, 1.82) is 5.26 Å². The van der Waals surface area contributed by atoms with Gasteiger partial charge < -0.3 is 4.52 Å².